The minimum absolute atomic E-state index is 0.179. The molecule has 0 bridgehead atoms. The Kier molecular flexibility index (Phi) is 4.97. The highest BCUT2D eigenvalue weighted by atomic mass is 32.1. The standard InChI is InChI=1S/C22H19N3O3S/c1-28-17-6-7-18-16(12-17)13-19(23-18)20(26)24-22(10-11-22)9-8-14-2-4-15(5-3-14)21(29)25-27/h2-7,12-13,23,27H,10-11H2,1H3,(H,24,26)(H,25,29). The topological polar surface area (TPSA) is 86.4 Å². The van der Waals surface area contributed by atoms with Crippen LogP contribution in [0.4, 0.5) is 0 Å². The lowest BCUT2D eigenvalue weighted by Crippen LogP contribution is -2.35. The van der Waals surface area contributed by atoms with Crippen LogP contribution in [0.25, 0.3) is 10.9 Å². The molecular formula is C22H19N3O3S. The molecule has 29 heavy (non-hydrogen) atoms. The van der Waals surface area contributed by atoms with Crippen molar-refractivity contribution in [2.24, 2.45) is 0 Å². The fourth-order valence-electron chi connectivity index (χ4n) is 3.01. The van der Waals surface area contributed by atoms with E-state index in [0.29, 0.717) is 11.3 Å². The lowest BCUT2D eigenvalue weighted by Gasteiger charge is -2.09. The zero-order valence-corrected chi connectivity index (χ0v) is 16.5. The fraction of sp³-hybridized carbons (Fsp3) is 0.182. The van der Waals surface area contributed by atoms with Gasteiger partial charge < -0.3 is 15.0 Å². The first kappa shape index (κ1) is 19.0. The number of hydrogen-bond acceptors (Lipinski definition) is 4. The second kappa shape index (κ2) is 7.59. The average Bonchev–Trinajstić information content (AvgIpc) is 3.38. The molecule has 146 valence electrons. The van der Waals surface area contributed by atoms with E-state index < -0.39 is 5.54 Å². The minimum Gasteiger partial charge on any atom is -0.497 e. The van der Waals surface area contributed by atoms with Crippen molar-refractivity contribution in [1.82, 2.24) is 15.8 Å². The number of amides is 1. The van der Waals surface area contributed by atoms with Crippen molar-refractivity contribution < 1.29 is 14.7 Å². The monoisotopic (exact) mass is 405 g/mol. The van der Waals surface area contributed by atoms with Gasteiger partial charge in [0.05, 0.1) is 7.11 Å². The maximum Gasteiger partial charge on any atom is 0.268 e. The van der Waals surface area contributed by atoms with E-state index in [1.807, 2.05) is 41.9 Å². The number of carbonyl (C=O) groups excluding carboxylic acids is 1. The van der Waals surface area contributed by atoms with Gasteiger partial charge in [-0.1, -0.05) is 36.2 Å². The summed E-state index contributed by atoms with van der Waals surface area (Å²) in [7, 11) is 1.61. The highest BCUT2D eigenvalue weighted by Crippen LogP contribution is 2.35. The molecule has 0 saturated heterocycles. The normalized spacial score (nSPS) is 13.9. The molecule has 4 rings (SSSR count). The fourth-order valence-corrected chi connectivity index (χ4v) is 3.15. The molecule has 6 nitrogen and oxygen atoms in total. The van der Waals surface area contributed by atoms with Crippen LogP contribution >= 0.6 is 12.2 Å². The Balaban J connectivity index is 1.47. The summed E-state index contributed by atoms with van der Waals surface area (Å²) in [5.41, 5.74) is 4.36. The van der Waals surface area contributed by atoms with E-state index in [1.165, 1.54) is 0 Å². The van der Waals surface area contributed by atoms with Gasteiger partial charge in [0.25, 0.3) is 5.91 Å². The van der Waals surface area contributed by atoms with Gasteiger partial charge in [0.2, 0.25) is 0 Å². The van der Waals surface area contributed by atoms with Gasteiger partial charge in [-0.25, -0.2) is 0 Å². The van der Waals surface area contributed by atoms with Gasteiger partial charge in [-0.2, -0.15) is 0 Å². The number of ether oxygens (including phenoxy) is 1. The molecule has 4 N–H and O–H groups in total. The van der Waals surface area contributed by atoms with E-state index >= 15 is 0 Å². The molecule has 1 aliphatic carbocycles. The van der Waals surface area contributed by atoms with Crippen LogP contribution in [0.15, 0.2) is 48.5 Å². The van der Waals surface area contributed by atoms with Crippen LogP contribution in [0, 0.1) is 11.8 Å². The summed E-state index contributed by atoms with van der Waals surface area (Å²) >= 11 is 4.98. The Morgan fingerprint density at radius 3 is 2.62 bits per heavy atom. The third kappa shape index (κ3) is 4.09. The summed E-state index contributed by atoms with van der Waals surface area (Å²) in [6.45, 7) is 0. The Labute approximate surface area is 173 Å². The molecule has 3 aromatic rings. The number of aromatic nitrogens is 1. The zero-order chi connectivity index (χ0) is 20.4. The van der Waals surface area contributed by atoms with Crippen LogP contribution in [0.1, 0.15) is 34.5 Å². The molecule has 1 heterocycles. The van der Waals surface area contributed by atoms with Crippen molar-refractivity contribution in [2.45, 2.75) is 18.4 Å². The van der Waals surface area contributed by atoms with Gasteiger partial charge >= 0.3 is 0 Å². The summed E-state index contributed by atoms with van der Waals surface area (Å²) in [5.74, 6) is 6.87. The van der Waals surface area contributed by atoms with Crippen molar-refractivity contribution in [3.63, 3.8) is 0 Å². The van der Waals surface area contributed by atoms with Gasteiger partial charge in [-0.05, 0) is 49.2 Å². The average molecular weight is 405 g/mol. The number of aromatic amines is 1. The summed E-state index contributed by atoms with van der Waals surface area (Å²) in [5, 5.41) is 12.8. The minimum atomic E-state index is -0.493. The van der Waals surface area contributed by atoms with Gasteiger partial charge in [0.1, 0.15) is 22.0 Å². The quantitative estimate of drug-likeness (QED) is 0.304. The first-order chi connectivity index (χ1) is 14.0. The molecule has 2 aromatic carbocycles. The molecule has 0 aliphatic heterocycles. The largest absolute Gasteiger partial charge is 0.497 e. The predicted octanol–water partition coefficient (Wildman–Crippen LogP) is 3.14. The first-order valence-electron chi connectivity index (χ1n) is 9.09. The Hall–Kier alpha value is -3.34. The Bertz CT molecular complexity index is 1150. The van der Waals surface area contributed by atoms with Crippen molar-refractivity contribution in [2.75, 3.05) is 7.11 Å². The first-order valence-corrected chi connectivity index (χ1v) is 9.50. The maximum absolute atomic E-state index is 12.7. The van der Waals surface area contributed by atoms with E-state index in [1.54, 1.807) is 19.2 Å². The molecule has 1 amide bonds. The number of hydrogen-bond donors (Lipinski definition) is 4. The SMILES string of the molecule is COc1ccc2[nH]c(C(=O)NC3(C#Cc4ccc(C(=S)NO)cc4)CC3)cc2c1. The summed E-state index contributed by atoms with van der Waals surface area (Å²) in [4.78, 5) is 16.1. The molecule has 0 unspecified atom stereocenters. The second-order valence-electron chi connectivity index (χ2n) is 6.94. The molecule has 1 aliphatic rings. The number of rotatable bonds is 4. The highest BCUT2D eigenvalue weighted by molar-refractivity contribution is 7.80. The van der Waals surface area contributed by atoms with Crippen LogP contribution < -0.4 is 15.5 Å². The number of thiocarbonyl (C=S) groups is 1. The van der Waals surface area contributed by atoms with Crippen molar-refractivity contribution in [3.05, 3.63) is 65.4 Å². The van der Waals surface area contributed by atoms with E-state index in [4.69, 9.17) is 22.2 Å². The Morgan fingerprint density at radius 2 is 1.97 bits per heavy atom. The molecule has 1 aromatic heterocycles. The van der Waals surface area contributed by atoms with E-state index in [0.717, 1.165) is 35.1 Å². The second-order valence-corrected chi connectivity index (χ2v) is 7.35. The number of H-pyrrole nitrogens is 1. The van der Waals surface area contributed by atoms with Crippen LogP contribution in [0.2, 0.25) is 0 Å². The lowest BCUT2D eigenvalue weighted by atomic mass is 10.1. The Morgan fingerprint density at radius 1 is 1.21 bits per heavy atom. The third-order valence-electron chi connectivity index (χ3n) is 4.87. The van der Waals surface area contributed by atoms with Crippen LogP contribution in [0.3, 0.4) is 0 Å². The van der Waals surface area contributed by atoms with Crippen molar-refractivity contribution in [1.29, 1.82) is 0 Å². The van der Waals surface area contributed by atoms with E-state index in [9.17, 15) is 4.79 Å². The number of methoxy groups -OCH3 is 1. The number of hydroxylamine groups is 1. The lowest BCUT2D eigenvalue weighted by molar-refractivity contribution is 0.0938. The van der Waals surface area contributed by atoms with E-state index in [2.05, 4.69) is 22.1 Å². The van der Waals surface area contributed by atoms with Crippen molar-refractivity contribution >= 4 is 34.0 Å². The highest BCUT2D eigenvalue weighted by Gasteiger charge is 2.43. The molecule has 0 atom stereocenters. The number of carbonyl (C=O) groups is 1. The van der Waals surface area contributed by atoms with Crippen LogP contribution in [0.5, 0.6) is 5.75 Å². The molecular weight excluding hydrogens is 386 g/mol. The number of nitrogens with one attached hydrogen (secondary N) is 3. The number of benzene rings is 2. The van der Waals surface area contributed by atoms with Gasteiger partial charge in [-0.3, -0.25) is 15.5 Å². The third-order valence-corrected chi connectivity index (χ3v) is 5.20. The van der Waals surface area contributed by atoms with Gasteiger partial charge in [0, 0.05) is 22.0 Å². The number of fused-ring (bicyclic) bond motifs is 1. The molecule has 0 spiro atoms. The zero-order valence-electron chi connectivity index (χ0n) is 15.7. The van der Waals surface area contributed by atoms with Crippen molar-refractivity contribution in [3.8, 4) is 17.6 Å². The smallest absolute Gasteiger partial charge is 0.268 e. The summed E-state index contributed by atoms with van der Waals surface area (Å²) in [6.07, 6.45) is 1.63. The predicted molar refractivity (Wildman–Crippen MR) is 114 cm³/mol. The molecule has 1 fully saturated rings. The van der Waals surface area contributed by atoms with E-state index in [-0.39, 0.29) is 10.9 Å². The summed E-state index contributed by atoms with van der Waals surface area (Å²) in [6, 6.07) is 14.7. The van der Waals surface area contributed by atoms with Gasteiger partial charge in [-0.15, -0.1) is 0 Å². The molecule has 1 saturated carbocycles. The van der Waals surface area contributed by atoms with Crippen LogP contribution in [-0.4, -0.2) is 33.7 Å². The molecule has 0 radical (unpaired) electrons. The maximum atomic E-state index is 12.7. The van der Waals surface area contributed by atoms with Crippen LogP contribution in [-0.2, 0) is 0 Å². The van der Waals surface area contributed by atoms with Gasteiger partial charge in [0.15, 0.2) is 0 Å². The molecule has 7 heteroatoms. The summed E-state index contributed by atoms with van der Waals surface area (Å²) < 4.78 is 5.23.